The number of nitrogens with one attached hydrogen (secondary N) is 1. The molecule has 1 N–H and O–H groups in total. The van der Waals surface area contributed by atoms with Crippen molar-refractivity contribution in [2.45, 2.75) is 32.7 Å². The molecule has 1 fully saturated rings. The van der Waals surface area contributed by atoms with Crippen LogP contribution in [0.4, 0.5) is 0 Å². The number of hydrogen-bond donors (Lipinski definition) is 1. The molecule has 0 radical (unpaired) electrons. The zero-order valence-electron chi connectivity index (χ0n) is 6.93. The molecule has 1 aliphatic carbocycles. The molecule has 1 saturated carbocycles. The van der Waals surface area contributed by atoms with E-state index in [-0.39, 0.29) is 0 Å². The lowest BCUT2D eigenvalue weighted by Gasteiger charge is -2.33. The van der Waals surface area contributed by atoms with Gasteiger partial charge in [0.15, 0.2) is 0 Å². The second-order valence-electron chi connectivity index (χ2n) is 3.25. The standard InChI is InChI=1S/C9H17N/c1-3-4-5-10-9-6-8(2)7-9/h3-4,8-10H,5-7H2,1-2H3/b4-3+. The monoisotopic (exact) mass is 139 g/mol. The van der Waals surface area contributed by atoms with Crippen LogP contribution in [0, 0.1) is 5.92 Å². The van der Waals surface area contributed by atoms with Crippen molar-refractivity contribution in [3.8, 4) is 0 Å². The Bertz CT molecular complexity index is 112. The van der Waals surface area contributed by atoms with E-state index in [4.69, 9.17) is 0 Å². The maximum atomic E-state index is 3.46. The lowest BCUT2D eigenvalue weighted by Crippen LogP contribution is -2.39. The summed E-state index contributed by atoms with van der Waals surface area (Å²) in [5.74, 6) is 0.961. The molecular formula is C9H17N. The van der Waals surface area contributed by atoms with Crippen molar-refractivity contribution in [3.63, 3.8) is 0 Å². The highest BCUT2D eigenvalue weighted by atomic mass is 14.9. The van der Waals surface area contributed by atoms with Crippen LogP contribution in [0.3, 0.4) is 0 Å². The van der Waals surface area contributed by atoms with Gasteiger partial charge in [-0.05, 0) is 25.7 Å². The molecule has 58 valence electrons. The summed E-state index contributed by atoms with van der Waals surface area (Å²) in [7, 11) is 0. The first-order chi connectivity index (χ1) is 4.83. The van der Waals surface area contributed by atoms with Crippen LogP contribution in [0.1, 0.15) is 26.7 Å². The van der Waals surface area contributed by atoms with Gasteiger partial charge in [-0.3, -0.25) is 0 Å². The van der Waals surface area contributed by atoms with Gasteiger partial charge in [-0.2, -0.15) is 0 Å². The van der Waals surface area contributed by atoms with E-state index in [1.807, 2.05) is 0 Å². The predicted molar refractivity (Wildman–Crippen MR) is 45.0 cm³/mol. The molecule has 0 aromatic carbocycles. The Morgan fingerprint density at radius 2 is 2.20 bits per heavy atom. The van der Waals surface area contributed by atoms with Gasteiger partial charge in [-0.15, -0.1) is 0 Å². The zero-order chi connectivity index (χ0) is 7.40. The third-order valence-corrected chi connectivity index (χ3v) is 2.13. The average molecular weight is 139 g/mol. The predicted octanol–water partition coefficient (Wildman–Crippen LogP) is 1.95. The molecule has 0 unspecified atom stereocenters. The first kappa shape index (κ1) is 7.80. The van der Waals surface area contributed by atoms with Crippen molar-refractivity contribution in [2.75, 3.05) is 6.54 Å². The molecule has 1 nitrogen and oxygen atoms in total. The molecular weight excluding hydrogens is 122 g/mol. The lowest BCUT2D eigenvalue weighted by molar-refractivity contribution is 0.248. The zero-order valence-corrected chi connectivity index (χ0v) is 6.93. The molecule has 0 aromatic rings. The fourth-order valence-electron chi connectivity index (χ4n) is 1.42. The Morgan fingerprint density at radius 1 is 1.50 bits per heavy atom. The van der Waals surface area contributed by atoms with Crippen molar-refractivity contribution < 1.29 is 0 Å². The molecule has 0 aliphatic heterocycles. The Labute approximate surface area is 63.5 Å². The Kier molecular flexibility index (Phi) is 2.94. The van der Waals surface area contributed by atoms with Gasteiger partial charge in [0, 0.05) is 12.6 Å². The van der Waals surface area contributed by atoms with Crippen molar-refractivity contribution in [2.24, 2.45) is 5.92 Å². The highest BCUT2D eigenvalue weighted by Crippen LogP contribution is 2.25. The van der Waals surface area contributed by atoms with Crippen LogP contribution in [0.15, 0.2) is 12.2 Å². The first-order valence-corrected chi connectivity index (χ1v) is 4.17. The first-order valence-electron chi connectivity index (χ1n) is 4.17. The van der Waals surface area contributed by atoms with Gasteiger partial charge in [0.1, 0.15) is 0 Å². The Morgan fingerprint density at radius 3 is 2.70 bits per heavy atom. The van der Waals surface area contributed by atoms with Crippen LogP contribution in [0.25, 0.3) is 0 Å². The fraction of sp³-hybridized carbons (Fsp3) is 0.778. The van der Waals surface area contributed by atoms with Crippen LogP contribution in [0.2, 0.25) is 0 Å². The molecule has 0 aromatic heterocycles. The molecule has 1 aliphatic rings. The van der Waals surface area contributed by atoms with Crippen molar-refractivity contribution >= 4 is 0 Å². The summed E-state index contributed by atoms with van der Waals surface area (Å²) in [5.41, 5.74) is 0. The maximum absolute atomic E-state index is 3.46. The lowest BCUT2D eigenvalue weighted by atomic mass is 9.82. The van der Waals surface area contributed by atoms with Crippen molar-refractivity contribution in [3.05, 3.63) is 12.2 Å². The number of hydrogen-bond acceptors (Lipinski definition) is 1. The minimum Gasteiger partial charge on any atom is -0.311 e. The topological polar surface area (TPSA) is 12.0 Å². The van der Waals surface area contributed by atoms with Crippen LogP contribution in [-0.4, -0.2) is 12.6 Å². The van der Waals surface area contributed by atoms with Gasteiger partial charge in [-0.25, -0.2) is 0 Å². The maximum Gasteiger partial charge on any atom is 0.0137 e. The van der Waals surface area contributed by atoms with Crippen molar-refractivity contribution in [1.29, 1.82) is 0 Å². The van der Waals surface area contributed by atoms with Gasteiger partial charge in [0.2, 0.25) is 0 Å². The molecule has 0 bridgehead atoms. The summed E-state index contributed by atoms with van der Waals surface area (Å²) in [5, 5.41) is 3.46. The van der Waals surface area contributed by atoms with E-state index in [2.05, 4.69) is 31.3 Å². The normalized spacial score (nSPS) is 32.6. The summed E-state index contributed by atoms with van der Waals surface area (Å²) in [6.07, 6.45) is 7.01. The van der Waals surface area contributed by atoms with E-state index in [0.717, 1.165) is 18.5 Å². The summed E-state index contributed by atoms with van der Waals surface area (Å²) in [4.78, 5) is 0. The second kappa shape index (κ2) is 3.77. The second-order valence-corrected chi connectivity index (χ2v) is 3.25. The molecule has 0 amide bonds. The molecule has 1 rings (SSSR count). The average Bonchev–Trinajstić information content (AvgIpc) is 1.85. The Hall–Kier alpha value is -0.300. The van der Waals surface area contributed by atoms with Gasteiger partial charge in [0.05, 0.1) is 0 Å². The van der Waals surface area contributed by atoms with E-state index < -0.39 is 0 Å². The largest absolute Gasteiger partial charge is 0.311 e. The third-order valence-electron chi connectivity index (χ3n) is 2.13. The highest BCUT2D eigenvalue weighted by Gasteiger charge is 2.23. The number of allylic oxidation sites excluding steroid dienone is 1. The summed E-state index contributed by atoms with van der Waals surface area (Å²) in [6.45, 7) is 5.42. The van der Waals surface area contributed by atoms with E-state index in [1.54, 1.807) is 0 Å². The van der Waals surface area contributed by atoms with E-state index in [1.165, 1.54) is 12.8 Å². The fourth-order valence-corrected chi connectivity index (χ4v) is 1.42. The quantitative estimate of drug-likeness (QED) is 0.589. The molecule has 0 heterocycles. The van der Waals surface area contributed by atoms with Crippen LogP contribution >= 0.6 is 0 Å². The number of rotatable bonds is 3. The highest BCUT2D eigenvalue weighted by molar-refractivity contribution is 4.87. The van der Waals surface area contributed by atoms with Crippen LogP contribution in [-0.2, 0) is 0 Å². The van der Waals surface area contributed by atoms with Gasteiger partial charge < -0.3 is 5.32 Å². The minimum absolute atomic E-state index is 0.811. The van der Waals surface area contributed by atoms with Crippen molar-refractivity contribution in [1.82, 2.24) is 5.32 Å². The summed E-state index contributed by atoms with van der Waals surface area (Å²) < 4.78 is 0. The molecule has 10 heavy (non-hydrogen) atoms. The molecule has 1 heteroatoms. The molecule has 0 saturated heterocycles. The smallest absolute Gasteiger partial charge is 0.0137 e. The minimum atomic E-state index is 0.811. The Balaban J connectivity index is 1.95. The summed E-state index contributed by atoms with van der Waals surface area (Å²) >= 11 is 0. The third kappa shape index (κ3) is 2.14. The van der Waals surface area contributed by atoms with E-state index in [0.29, 0.717) is 0 Å². The summed E-state index contributed by atoms with van der Waals surface area (Å²) in [6, 6.07) is 0.811. The molecule has 0 spiro atoms. The van der Waals surface area contributed by atoms with Gasteiger partial charge >= 0.3 is 0 Å². The van der Waals surface area contributed by atoms with Gasteiger partial charge in [0.25, 0.3) is 0 Å². The van der Waals surface area contributed by atoms with E-state index >= 15 is 0 Å². The van der Waals surface area contributed by atoms with Crippen LogP contribution < -0.4 is 5.32 Å². The van der Waals surface area contributed by atoms with E-state index in [9.17, 15) is 0 Å². The van der Waals surface area contributed by atoms with Crippen LogP contribution in [0.5, 0.6) is 0 Å². The van der Waals surface area contributed by atoms with Gasteiger partial charge in [-0.1, -0.05) is 19.1 Å². The molecule has 0 atom stereocenters. The SMILES string of the molecule is C/C=C/CNC1CC(C)C1.